The number of hydrogen-bond donors (Lipinski definition) is 0. The molecule has 4 nitrogen and oxygen atoms in total. The van der Waals surface area contributed by atoms with Crippen LogP contribution in [-0.2, 0) is 13.6 Å². The molecule has 0 bridgehead atoms. The summed E-state index contributed by atoms with van der Waals surface area (Å²) in [6, 6.07) is 8.77. The molecule has 1 aliphatic rings. The predicted octanol–water partition coefficient (Wildman–Crippen LogP) is 3.68. The van der Waals surface area contributed by atoms with Crippen LogP contribution in [0.5, 0.6) is 5.75 Å². The van der Waals surface area contributed by atoms with Crippen LogP contribution in [0, 0.1) is 0 Å². The maximum absolute atomic E-state index is 12.2. The van der Waals surface area contributed by atoms with E-state index < -0.39 is 7.82 Å². The zero-order valence-corrected chi connectivity index (χ0v) is 10.4. The van der Waals surface area contributed by atoms with E-state index in [1.165, 1.54) is 0 Å². The highest BCUT2D eigenvalue weighted by molar-refractivity contribution is 7.49. The van der Waals surface area contributed by atoms with Crippen LogP contribution in [0.15, 0.2) is 54.3 Å². The monoisotopic (exact) mass is 252 g/mol. The van der Waals surface area contributed by atoms with Crippen molar-refractivity contribution in [3.05, 3.63) is 54.3 Å². The molecular formula is C12H13O4P. The molecule has 1 heterocycles. The van der Waals surface area contributed by atoms with Gasteiger partial charge in [-0.2, -0.15) is 0 Å². The van der Waals surface area contributed by atoms with Gasteiger partial charge in [-0.15, -0.1) is 0 Å². The van der Waals surface area contributed by atoms with Gasteiger partial charge in [0.1, 0.15) is 11.5 Å². The average Bonchev–Trinajstić information content (AvgIpc) is 2.29. The van der Waals surface area contributed by atoms with E-state index >= 15 is 0 Å². The molecule has 0 saturated carbocycles. The number of phosphoric acid groups is 1. The van der Waals surface area contributed by atoms with Crippen molar-refractivity contribution in [2.24, 2.45) is 0 Å². The first-order valence-electron chi connectivity index (χ1n) is 5.14. The zero-order valence-electron chi connectivity index (χ0n) is 9.46. The first kappa shape index (κ1) is 12.0. The third kappa shape index (κ3) is 2.99. The topological polar surface area (TPSA) is 44.8 Å². The van der Waals surface area contributed by atoms with Crippen molar-refractivity contribution in [1.82, 2.24) is 0 Å². The molecule has 0 fully saturated rings. The van der Waals surface area contributed by atoms with Crippen LogP contribution < -0.4 is 4.52 Å². The molecule has 0 aliphatic carbocycles. The van der Waals surface area contributed by atoms with Crippen molar-refractivity contribution in [2.75, 3.05) is 6.61 Å². The van der Waals surface area contributed by atoms with E-state index in [1.54, 1.807) is 37.3 Å². The number of allylic oxidation sites excluding steroid dienone is 1. The van der Waals surface area contributed by atoms with Crippen LogP contribution >= 0.6 is 7.82 Å². The van der Waals surface area contributed by atoms with E-state index in [0.29, 0.717) is 17.1 Å². The molecule has 0 saturated heterocycles. The van der Waals surface area contributed by atoms with E-state index in [-0.39, 0.29) is 6.61 Å². The SMILES string of the molecule is C=C(C)C1=CCOP(=O)(Oc2ccccc2)O1. The van der Waals surface area contributed by atoms with Gasteiger partial charge in [-0.25, -0.2) is 4.57 Å². The molecule has 0 N–H and O–H groups in total. The van der Waals surface area contributed by atoms with Crippen molar-refractivity contribution < 1.29 is 18.1 Å². The fourth-order valence-corrected chi connectivity index (χ4v) is 2.55. The zero-order chi connectivity index (χ0) is 12.3. The van der Waals surface area contributed by atoms with Crippen LogP contribution in [0.1, 0.15) is 6.92 Å². The van der Waals surface area contributed by atoms with Crippen molar-refractivity contribution in [3.63, 3.8) is 0 Å². The summed E-state index contributed by atoms with van der Waals surface area (Å²) in [7, 11) is -3.57. The Morgan fingerprint density at radius 1 is 1.41 bits per heavy atom. The summed E-state index contributed by atoms with van der Waals surface area (Å²) in [6.07, 6.45) is 1.67. The summed E-state index contributed by atoms with van der Waals surface area (Å²) in [4.78, 5) is 0. The van der Waals surface area contributed by atoms with Crippen LogP contribution in [-0.4, -0.2) is 6.61 Å². The van der Waals surface area contributed by atoms with E-state index in [0.717, 1.165) is 0 Å². The Bertz CT molecular complexity index is 492. The van der Waals surface area contributed by atoms with Gasteiger partial charge in [-0.05, 0) is 30.7 Å². The van der Waals surface area contributed by atoms with Gasteiger partial charge in [0.25, 0.3) is 0 Å². The Labute approximate surface area is 100 Å². The molecule has 0 radical (unpaired) electrons. The summed E-state index contributed by atoms with van der Waals surface area (Å²) >= 11 is 0. The molecule has 1 aromatic carbocycles. The van der Waals surface area contributed by atoms with Gasteiger partial charge in [-0.3, -0.25) is 4.52 Å². The summed E-state index contributed by atoms with van der Waals surface area (Å²) in [5, 5.41) is 0. The Kier molecular flexibility index (Phi) is 3.36. The minimum Gasteiger partial charge on any atom is -0.395 e. The van der Waals surface area contributed by atoms with Crippen molar-refractivity contribution in [3.8, 4) is 5.75 Å². The van der Waals surface area contributed by atoms with Gasteiger partial charge in [0, 0.05) is 0 Å². The molecule has 5 heteroatoms. The first-order chi connectivity index (χ1) is 8.09. The molecule has 17 heavy (non-hydrogen) atoms. The van der Waals surface area contributed by atoms with E-state index in [4.69, 9.17) is 13.6 Å². The highest BCUT2D eigenvalue weighted by atomic mass is 31.2. The summed E-state index contributed by atoms with van der Waals surface area (Å²) in [5.74, 6) is 0.898. The molecule has 2 rings (SSSR count). The lowest BCUT2D eigenvalue weighted by atomic mass is 10.3. The minimum atomic E-state index is -3.57. The molecule has 1 atom stereocenters. The third-order valence-corrected chi connectivity index (χ3v) is 3.41. The van der Waals surface area contributed by atoms with E-state index in [9.17, 15) is 4.57 Å². The quantitative estimate of drug-likeness (QED) is 0.770. The summed E-state index contributed by atoms with van der Waals surface area (Å²) in [5.41, 5.74) is 0.685. The fourth-order valence-electron chi connectivity index (χ4n) is 1.30. The Morgan fingerprint density at radius 2 is 2.12 bits per heavy atom. The second-order valence-electron chi connectivity index (χ2n) is 3.59. The van der Waals surface area contributed by atoms with Gasteiger partial charge >= 0.3 is 7.82 Å². The van der Waals surface area contributed by atoms with Gasteiger partial charge in [0.15, 0.2) is 0 Å². The highest BCUT2D eigenvalue weighted by Gasteiger charge is 2.34. The van der Waals surface area contributed by atoms with Crippen LogP contribution in [0.2, 0.25) is 0 Å². The second kappa shape index (κ2) is 4.78. The molecular weight excluding hydrogens is 239 g/mol. The fraction of sp³-hybridized carbons (Fsp3) is 0.167. The number of rotatable bonds is 3. The maximum atomic E-state index is 12.2. The molecule has 1 unspecified atom stereocenters. The van der Waals surface area contributed by atoms with Crippen LogP contribution in [0.25, 0.3) is 0 Å². The normalized spacial score (nSPS) is 23.5. The Balaban J connectivity index is 2.14. The summed E-state index contributed by atoms with van der Waals surface area (Å²) in [6.45, 7) is 5.68. The van der Waals surface area contributed by atoms with Gasteiger partial charge < -0.3 is 9.05 Å². The van der Waals surface area contributed by atoms with Crippen LogP contribution in [0.3, 0.4) is 0 Å². The molecule has 1 aliphatic heterocycles. The van der Waals surface area contributed by atoms with Gasteiger partial charge in [-0.1, -0.05) is 24.8 Å². The molecule has 0 amide bonds. The van der Waals surface area contributed by atoms with Crippen molar-refractivity contribution in [1.29, 1.82) is 0 Å². The lowest BCUT2D eigenvalue weighted by Crippen LogP contribution is -2.08. The average molecular weight is 252 g/mol. The minimum absolute atomic E-state index is 0.187. The lowest BCUT2D eigenvalue weighted by Gasteiger charge is -2.23. The second-order valence-corrected chi connectivity index (χ2v) is 5.11. The largest absolute Gasteiger partial charge is 0.587 e. The number of para-hydroxylation sites is 1. The van der Waals surface area contributed by atoms with E-state index in [1.807, 2.05) is 6.07 Å². The number of hydrogen-bond acceptors (Lipinski definition) is 4. The third-order valence-electron chi connectivity index (χ3n) is 2.09. The Hall–Kier alpha value is -1.51. The first-order valence-corrected chi connectivity index (χ1v) is 6.60. The van der Waals surface area contributed by atoms with Crippen molar-refractivity contribution in [2.45, 2.75) is 6.92 Å². The molecule has 0 spiro atoms. The van der Waals surface area contributed by atoms with Crippen LogP contribution in [0.4, 0.5) is 0 Å². The Morgan fingerprint density at radius 3 is 2.76 bits per heavy atom. The smallest absolute Gasteiger partial charge is 0.395 e. The molecule has 90 valence electrons. The number of benzene rings is 1. The van der Waals surface area contributed by atoms with Crippen molar-refractivity contribution >= 4 is 7.82 Å². The van der Waals surface area contributed by atoms with E-state index in [2.05, 4.69) is 6.58 Å². The van der Waals surface area contributed by atoms with Gasteiger partial charge in [0.05, 0.1) is 6.61 Å². The lowest BCUT2D eigenvalue weighted by molar-refractivity contribution is 0.184. The molecule has 1 aromatic rings. The maximum Gasteiger partial charge on any atom is 0.587 e. The number of phosphoric ester groups is 1. The standard InChI is InChI=1S/C12H13O4P/c1-10(2)12-8-9-14-17(13,16-12)15-11-6-4-3-5-7-11/h3-8H,1,9H2,2H3. The predicted molar refractivity (Wildman–Crippen MR) is 64.6 cm³/mol. The highest BCUT2D eigenvalue weighted by Crippen LogP contribution is 2.53. The molecule has 0 aromatic heterocycles. The summed E-state index contributed by atoms with van der Waals surface area (Å²) < 4.78 is 27.7. The van der Waals surface area contributed by atoms with Gasteiger partial charge in [0.2, 0.25) is 0 Å².